The Balaban J connectivity index is 1.41. The Hall–Kier alpha value is -4.43. The molecule has 1 aromatic heterocycles. The molecular weight excluding hydrogens is 492 g/mol. The highest BCUT2D eigenvalue weighted by molar-refractivity contribution is 5.99. The van der Waals surface area contributed by atoms with Crippen molar-refractivity contribution >= 4 is 17.8 Å². The quantitative estimate of drug-likeness (QED) is 0.329. The van der Waals surface area contributed by atoms with Crippen molar-refractivity contribution in [2.45, 2.75) is 25.9 Å². The average molecular weight is 525 g/mol. The van der Waals surface area contributed by atoms with Gasteiger partial charge in [-0.2, -0.15) is 0 Å². The van der Waals surface area contributed by atoms with Gasteiger partial charge in [0.2, 0.25) is 11.9 Å². The molecule has 2 heterocycles. The van der Waals surface area contributed by atoms with E-state index in [9.17, 15) is 9.59 Å². The van der Waals surface area contributed by atoms with E-state index in [1.165, 1.54) is 4.90 Å². The van der Waals surface area contributed by atoms with E-state index in [4.69, 9.17) is 14.5 Å². The van der Waals surface area contributed by atoms with Crippen molar-refractivity contribution < 1.29 is 19.1 Å². The number of carbonyl (C=O) groups excluding carboxylic acids is 2. The summed E-state index contributed by atoms with van der Waals surface area (Å²) in [5, 5.41) is 2.95. The fourth-order valence-electron chi connectivity index (χ4n) is 4.65. The molecule has 0 bridgehead atoms. The van der Waals surface area contributed by atoms with Crippen LogP contribution in [0, 0.1) is 6.92 Å². The molecule has 1 saturated heterocycles. The normalized spacial score (nSPS) is 14.7. The summed E-state index contributed by atoms with van der Waals surface area (Å²) in [5.41, 5.74) is 4.12. The summed E-state index contributed by atoms with van der Waals surface area (Å²) < 4.78 is 12.9. The predicted molar refractivity (Wildman–Crippen MR) is 150 cm³/mol. The molecule has 2 amide bonds. The van der Waals surface area contributed by atoms with E-state index in [1.54, 1.807) is 31.4 Å². The number of anilines is 1. The van der Waals surface area contributed by atoms with E-state index in [-0.39, 0.29) is 24.5 Å². The van der Waals surface area contributed by atoms with Gasteiger partial charge in [-0.1, -0.05) is 54.1 Å². The molecule has 1 fully saturated rings. The summed E-state index contributed by atoms with van der Waals surface area (Å²) in [5.74, 6) is 0.360. The molecule has 0 saturated carbocycles. The van der Waals surface area contributed by atoms with Crippen molar-refractivity contribution in [3.05, 3.63) is 96.2 Å². The van der Waals surface area contributed by atoms with Gasteiger partial charge in [-0.3, -0.25) is 19.5 Å². The maximum Gasteiger partial charge on any atom is 0.254 e. The highest BCUT2D eigenvalue weighted by atomic mass is 16.5. The van der Waals surface area contributed by atoms with Crippen LogP contribution in [0.3, 0.4) is 0 Å². The Morgan fingerprint density at radius 2 is 1.87 bits per heavy atom. The number of benzene rings is 3. The summed E-state index contributed by atoms with van der Waals surface area (Å²) >= 11 is 0. The number of rotatable bonds is 9. The number of imidazole rings is 1. The Kier molecular flexibility index (Phi) is 8.03. The minimum Gasteiger partial charge on any atom is -0.497 e. The number of aryl methyl sites for hydroxylation is 1. The molecule has 39 heavy (non-hydrogen) atoms. The summed E-state index contributed by atoms with van der Waals surface area (Å²) in [7, 11) is 1.56. The van der Waals surface area contributed by atoms with Crippen LogP contribution in [-0.2, 0) is 9.53 Å². The zero-order chi connectivity index (χ0) is 27.2. The monoisotopic (exact) mass is 524 g/mol. The number of hydrogen-bond acceptors (Lipinski definition) is 5. The van der Waals surface area contributed by atoms with E-state index in [2.05, 4.69) is 5.32 Å². The summed E-state index contributed by atoms with van der Waals surface area (Å²) in [4.78, 5) is 33.2. The van der Waals surface area contributed by atoms with Gasteiger partial charge in [0.15, 0.2) is 0 Å². The fourth-order valence-corrected chi connectivity index (χ4v) is 4.65. The molecule has 1 unspecified atom stereocenters. The van der Waals surface area contributed by atoms with E-state index >= 15 is 0 Å². The van der Waals surface area contributed by atoms with E-state index in [0.717, 1.165) is 35.3 Å². The van der Waals surface area contributed by atoms with Gasteiger partial charge >= 0.3 is 0 Å². The molecule has 8 heteroatoms. The van der Waals surface area contributed by atoms with Gasteiger partial charge in [0.25, 0.3) is 5.91 Å². The molecule has 5 rings (SSSR count). The Morgan fingerprint density at radius 1 is 1.08 bits per heavy atom. The standard InChI is InChI=1S/C31H32N4O4/c1-22-13-15-25(16-14-22)35-20-28(23-8-4-3-5-9-23)32-31(35)33-29(36)21-34(19-27-12-7-17-39-27)30(37)24-10-6-11-26(18-24)38-2/h3-6,8-11,13-16,18,20,27H,7,12,17,19,21H2,1-2H3,(H,32,33,36). The zero-order valence-electron chi connectivity index (χ0n) is 22.2. The minimum atomic E-state index is -0.345. The number of hydrogen-bond donors (Lipinski definition) is 1. The second kappa shape index (κ2) is 12.0. The maximum absolute atomic E-state index is 13.5. The molecule has 3 aromatic carbocycles. The number of amides is 2. The molecule has 1 N–H and O–H groups in total. The first kappa shape index (κ1) is 26.2. The predicted octanol–water partition coefficient (Wildman–Crippen LogP) is 5.12. The molecule has 1 aliphatic heterocycles. The van der Waals surface area contributed by atoms with Crippen LogP contribution >= 0.6 is 0 Å². The molecule has 0 radical (unpaired) electrons. The Labute approximate surface area is 228 Å². The highest BCUT2D eigenvalue weighted by Gasteiger charge is 2.26. The van der Waals surface area contributed by atoms with Gasteiger partial charge in [-0.25, -0.2) is 4.98 Å². The molecule has 1 aliphatic rings. The van der Waals surface area contributed by atoms with Crippen LogP contribution in [-0.4, -0.2) is 59.2 Å². The van der Waals surface area contributed by atoms with E-state index in [1.807, 2.05) is 72.3 Å². The topological polar surface area (TPSA) is 85.7 Å². The molecule has 1 atom stereocenters. The lowest BCUT2D eigenvalue weighted by atomic mass is 10.1. The van der Waals surface area contributed by atoms with Crippen molar-refractivity contribution in [3.63, 3.8) is 0 Å². The largest absolute Gasteiger partial charge is 0.497 e. The number of aromatic nitrogens is 2. The van der Waals surface area contributed by atoms with E-state index < -0.39 is 0 Å². The van der Waals surface area contributed by atoms with Crippen LogP contribution in [0.2, 0.25) is 0 Å². The highest BCUT2D eigenvalue weighted by Crippen LogP contribution is 2.25. The third kappa shape index (κ3) is 6.35. The molecule has 0 spiro atoms. The number of nitrogens with one attached hydrogen (secondary N) is 1. The van der Waals surface area contributed by atoms with Gasteiger partial charge in [0, 0.05) is 36.2 Å². The van der Waals surface area contributed by atoms with Crippen molar-refractivity contribution in [3.8, 4) is 22.7 Å². The second-order valence-corrected chi connectivity index (χ2v) is 9.62. The first-order valence-electron chi connectivity index (χ1n) is 13.1. The van der Waals surface area contributed by atoms with E-state index in [0.29, 0.717) is 30.4 Å². The molecule has 8 nitrogen and oxygen atoms in total. The molecular formula is C31H32N4O4. The van der Waals surface area contributed by atoms with Crippen LogP contribution in [0.25, 0.3) is 16.9 Å². The molecule has 200 valence electrons. The van der Waals surface area contributed by atoms with Gasteiger partial charge in [0.1, 0.15) is 12.3 Å². The van der Waals surface area contributed by atoms with Gasteiger partial charge in [-0.15, -0.1) is 0 Å². The van der Waals surface area contributed by atoms with Crippen molar-refractivity contribution in [1.82, 2.24) is 14.5 Å². The Bertz CT molecular complexity index is 1430. The lowest BCUT2D eigenvalue weighted by Crippen LogP contribution is -2.42. The fraction of sp³-hybridized carbons (Fsp3) is 0.258. The SMILES string of the molecule is COc1cccc(C(=O)N(CC(=O)Nc2nc(-c3ccccc3)cn2-c2ccc(C)cc2)CC2CCCO2)c1. The number of methoxy groups -OCH3 is 1. The van der Waals surface area contributed by atoms with Crippen LogP contribution < -0.4 is 10.1 Å². The lowest BCUT2D eigenvalue weighted by molar-refractivity contribution is -0.117. The van der Waals surface area contributed by atoms with Crippen molar-refractivity contribution in [1.29, 1.82) is 0 Å². The molecule has 4 aromatic rings. The zero-order valence-corrected chi connectivity index (χ0v) is 22.2. The first-order valence-corrected chi connectivity index (χ1v) is 13.1. The van der Waals surface area contributed by atoms with Crippen LogP contribution in [0.5, 0.6) is 5.75 Å². The minimum absolute atomic E-state index is 0.105. The van der Waals surface area contributed by atoms with Crippen LogP contribution in [0.15, 0.2) is 85.1 Å². The van der Waals surface area contributed by atoms with Gasteiger partial charge in [0.05, 0.1) is 18.9 Å². The number of ether oxygens (including phenoxy) is 2. The summed E-state index contributed by atoms with van der Waals surface area (Å²) in [6.07, 6.45) is 3.59. The second-order valence-electron chi connectivity index (χ2n) is 9.62. The third-order valence-electron chi connectivity index (χ3n) is 6.73. The van der Waals surface area contributed by atoms with Crippen molar-refractivity contribution in [2.75, 3.05) is 32.1 Å². The molecule has 0 aliphatic carbocycles. The van der Waals surface area contributed by atoms with Gasteiger partial charge in [-0.05, 0) is 50.1 Å². The number of carbonyl (C=O) groups is 2. The summed E-state index contributed by atoms with van der Waals surface area (Å²) in [6, 6.07) is 24.7. The number of nitrogens with zero attached hydrogens (tertiary/aromatic N) is 3. The average Bonchev–Trinajstić information content (AvgIpc) is 3.63. The smallest absolute Gasteiger partial charge is 0.254 e. The third-order valence-corrected chi connectivity index (χ3v) is 6.73. The van der Waals surface area contributed by atoms with Crippen molar-refractivity contribution in [2.24, 2.45) is 0 Å². The van der Waals surface area contributed by atoms with Crippen LogP contribution in [0.1, 0.15) is 28.8 Å². The summed E-state index contributed by atoms with van der Waals surface area (Å²) in [6.45, 7) is 2.87. The van der Waals surface area contributed by atoms with Crippen LogP contribution in [0.4, 0.5) is 5.95 Å². The Morgan fingerprint density at radius 3 is 2.59 bits per heavy atom. The van der Waals surface area contributed by atoms with Gasteiger partial charge < -0.3 is 14.4 Å². The lowest BCUT2D eigenvalue weighted by Gasteiger charge is -2.25. The maximum atomic E-state index is 13.5. The first-order chi connectivity index (χ1) is 19.0.